The zero-order valence-corrected chi connectivity index (χ0v) is 15.5. The fourth-order valence-electron chi connectivity index (χ4n) is 3.24. The molecule has 0 saturated carbocycles. The molecule has 2 N–H and O–H groups in total. The lowest BCUT2D eigenvalue weighted by atomic mass is 10.1. The van der Waals surface area contributed by atoms with Gasteiger partial charge in [0.2, 0.25) is 0 Å². The predicted octanol–water partition coefficient (Wildman–Crippen LogP) is 2.16. The number of aromatic hydroxyl groups is 1. The lowest BCUT2D eigenvalue weighted by Gasteiger charge is -2.11. The minimum atomic E-state index is -0.481. The Bertz CT molecular complexity index is 1090. The van der Waals surface area contributed by atoms with Gasteiger partial charge in [0.05, 0.1) is 12.6 Å². The second-order valence-corrected chi connectivity index (χ2v) is 7.47. The maximum absolute atomic E-state index is 12.1. The first kappa shape index (κ1) is 17.9. The fourth-order valence-corrected chi connectivity index (χ4v) is 4.19. The van der Waals surface area contributed by atoms with Crippen molar-refractivity contribution in [3.05, 3.63) is 50.2 Å². The summed E-state index contributed by atoms with van der Waals surface area (Å²) in [4.78, 5) is 24.0. The first-order valence-corrected chi connectivity index (χ1v) is 9.66. The van der Waals surface area contributed by atoms with Crippen molar-refractivity contribution in [2.24, 2.45) is 0 Å². The number of aromatic amines is 1. The Morgan fingerprint density at radius 3 is 3.04 bits per heavy atom. The Morgan fingerprint density at radius 1 is 1.41 bits per heavy atom. The maximum atomic E-state index is 12.1. The minimum Gasteiger partial charge on any atom is -0.508 e. The fraction of sp³-hybridized carbons (Fsp3) is 0.389. The van der Waals surface area contributed by atoms with Crippen LogP contribution in [0.2, 0.25) is 0 Å². The Kier molecular flexibility index (Phi) is 4.79. The number of phenolic OH excluding ortho intramolecular Hbond substituents is 1. The van der Waals surface area contributed by atoms with Crippen LogP contribution in [0.25, 0.3) is 11.0 Å². The molecule has 1 fully saturated rings. The molecule has 1 aliphatic heterocycles. The van der Waals surface area contributed by atoms with Crippen molar-refractivity contribution < 1.29 is 14.3 Å². The highest BCUT2D eigenvalue weighted by Crippen LogP contribution is 2.30. The van der Waals surface area contributed by atoms with Gasteiger partial charge in [0.1, 0.15) is 11.3 Å². The van der Waals surface area contributed by atoms with Crippen molar-refractivity contribution in [2.75, 3.05) is 6.61 Å². The average Bonchev–Trinajstić information content (AvgIpc) is 3.28. The number of aryl methyl sites for hydroxylation is 1. The summed E-state index contributed by atoms with van der Waals surface area (Å²) in [6.07, 6.45) is 1.95. The summed E-state index contributed by atoms with van der Waals surface area (Å²) < 4.78 is 12.4. The van der Waals surface area contributed by atoms with E-state index in [0.29, 0.717) is 28.6 Å². The van der Waals surface area contributed by atoms with Gasteiger partial charge in [-0.25, -0.2) is 14.7 Å². The number of hydrogen-bond donors (Lipinski definition) is 2. The van der Waals surface area contributed by atoms with Crippen LogP contribution in [0.4, 0.5) is 0 Å². The molecule has 0 unspecified atom stereocenters. The molecule has 142 valence electrons. The average molecular weight is 389 g/mol. The molecule has 1 saturated heterocycles. The number of nitrogens with one attached hydrogen (secondary N) is 1. The number of fused-ring (bicyclic) bond motifs is 1. The van der Waals surface area contributed by atoms with E-state index in [4.69, 9.17) is 9.15 Å². The number of H-pyrrole nitrogens is 1. The van der Waals surface area contributed by atoms with Crippen molar-refractivity contribution in [3.63, 3.8) is 0 Å². The smallest absolute Gasteiger partial charge is 0.344 e. The molecule has 3 heterocycles. The molecule has 0 aliphatic carbocycles. The Morgan fingerprint density at radius 2 is 2.26 bits per heavy atom. The van der Waals surface area contributed by atoms with Gasteiger partial charge in [0, 0.05) is 29.4 Å². The highest BCUT2D eigenvalue weighted by molar-refractivity contribution is 7.98. The molecule has 27 heavy (non-hydrogen) atoms. The Labute approximate surface area is 158 Å². The van der Waals surface area contributed by atoms with E-state index >= 15 is 0 Å². The molecule has 8 nitrogen and oxygen atoms in total. The van der Waals surface area contributed by atoms with Crippen LogP contribution in [0, 0.1) is 6.92 Å². The summed E-state index contributed by atoms with van der Waals surface area (Å²) in [6, 6.07) is 4.73. The van der Waals surface area contributed by atoms with Gasteiger partial charge in [-0.3, -0.25) is 4.57 Å². The van der Waals surface area contributed by atoms with Crippen LogP contribution >= 0.6 is 11.8 Å². The SMILES string of the molecule is Cc1c(O)ccc2c(CSc3n[nH]c(=O)n3C[C@H]3CCCO3)cc(=O)oc12. The van der Waals surface area contributed by atoms with Crippen molar-refractivity contribution in [3.8, 4) is 5.75 Å². The molecule has 0 spiro atoms. The van der Waals surface area contributed by atoms with Crippen LogP contribution in [0.5, 0.6) is 5.75 Å². The maximum Gasteiger partial charge on any atom is 0.344 e. The molecule has 0 radical (unpaired) electrons. The first-order chi connectivity index (χ1) is 13.0. The van der Waals surface area contributed by atoms with E-state index in [-0.39, 0.29) is 17.5 Å². The quantitative estimate of drug-likeness (QED) is 0.508. The summed E-state index contributed by atoms with van der Waals surface area (Å²) in [5.41, 5.74) is 0.897. The number of nitrogens with zero attached hydrogens (tertiary/aromatic N) is 2. The van der Waals surface area contributed by atoms with Crippen LogP contribution in [-0.2, 0) is 17.0 Å². The molecule has 1 aromatic carbocycles. The van der Waals surface area contributed by atoms with Crippen molar-refractivity contribution in [2.45, 2.75) is 43.3 Å². The van der Waals surface area contributed by atoms with Crippen molar-refractivity contribution in [1.82, 2.24) is 14.8 Å². The van der Waals surface area contributed by atoms with Crippen molar-refractivity contribution >= 4 is 22.7 Å². The summed E-state index contributed by atoms with van der Waals surface area (Å²) in [5, 5.41) is 17.7. The van der Waals surface area contributed by atoms with Gasteiger partial charge in [-0.1, -0.05) is 11.8 Å². The monoisotopic (exact) mass is 389 g/mol. The van der Waals surface area contributed by atoms with Gasteiger partial charge in [-0.15, -0.1) is 5.10 Å². The van der Waals surface area contributed by atoms with Gasteiger partial charge >= 0.3 is 11.3 Å². The number of ether oxygens (including phenoxy) is 1. The Balaban J connectivity index is 1.62. The first-order valence-electron chi connectivity index (χ1n) is 8.68. The molecule has 2 aromatic heterocycles. The second kappa shape index (κ2) is 7.24. The van der Waals surface area contributed by atoms with E-state index in [1.54, 1.807) is 23.6 Å². The van der Waals surface area contributed by atoms with Crippen LogP contribution < -0.4 is 11.3 Å². The third-order valence-corrected chi connectivity index (χ3v) is 5.73. The predicted molar refractivity (Wildman–Crippen MR) is 100 cm³/mol. The molecule has 9 heteroatoms. The van der Waals surface area contributed by atoms with E-state index in [1.165, 1.54) is 17.8 Å². The number of rotatable bonds is 5. The van der Waals surface area contributed by atoms with Crippen LogP contribution in [-0.4, -0.2) is 32.6 Å². The summed E-state index contributed by atoms with van der Waals surface area (Å²) in [5.74, 6) is 0.510. The van der Waals surface area contributed by atoms with Gasteiger partial charge < -0.3 is 14.3 Å². The topological polar surface area (TPSA) is 110 Å². The van der Waals surface area contributed by atoms with Crippen LogP contribution in [0.1, 0.15) is 24.0 Å². The summed E-state index contributed by atoms with van der Waals surface area (Å²) in [7, 11) is 0. The molecule has 1 aliphatic rings. The van der Waals surface area contributed by atoms with Gasteiger partial charge in [-0.05, 0) is 37.5 Å². The second-order valence-electron chi connectivity index (χ2n) is 6.52. The number of thioether (sulfide) groups is 1. The lowest BCUT2D eigenvalue weighted by molar-refractivity contribution is 0.0941. The van der Waals surface area contributed by atoms with Crippen molar-refractivity contribution in [1.29, 1.82) is 0 Å². The number of hydrogen-bond acceptors (Lipinski definition) is 7. The van der Waals surface area contributed by atoms with Crippen LogP contribution in [0.3, 0.4) is 0 Å². The number of benzene rings is 1. The molecule has 0 bridgehead atoms. The van der Waals surface area contributed by atoms with Gasteiger partial charge in [0.15, 0.2) is 5.16 Å². The van der Waals surface area contributed by atoms with Gasteiger partial charge in [0.25, 0.3) is 0 Å². The zero-order valence-electron chi connectivity index (χ0n) is 14.7. The largest absolute Gasteiger partial charge is 0.508 e. The molecule has 1 atom stereocenters. The molecular weight excluding hydrogens is 370 g/mol. The molecule has 0 amide bonds. The van der Waals surface area contributed by atoms with E-state index in [2.05, 4.69) is 10.2 Å². The third-order valence-electron chi connectivity index (χ3n) is 4.71. The summed E-state index contributed by atoms with van der Waals surface area (Å²) in [6.45, 7) is 2.88. The van der Waals surface area contributed by atoms with E-state index in [0.717, 1.165) is 30.4 Å². The standard InChI is InChI=1S/C18H19N3O5S/c1-10-14(22)5-4-13-11(7-15(23)26-16(10)13)9-27-18-20-19-17(24)21(18)8-12-3-2-6-25-12/h4-5,7,12,22H,2-3,6,8-9H2,1H3,(H,19,24)/t12-/m1/s1. The number of aromatic nitrogens is 3. The van der Waals surface area contributed by atoms with E-state index in [1.807, 2.05) is 0 Å². The normalized spacial score (nSPS) is 17.0. The molecule has 4 rings (SSSR count). The lowest BCUT2D eigenvalue weighted by Crippen LogP contribution is -2.24. The van der Waals surface area contributed by atoms with E-state index < -0.39 is 5.63 Å². The van der Waals surface area contributed by atoms with E-state index in [9.17, 15) is 14.7 Å². The molecular formula is C18H19N3O5S. The minimum absolute atomic E-state index is 0.0230. The third kappa shape index (κ3) is 3.52. The van der Waals surface area contributed by atoms with Crippen LogP contribution in [0.15, 0.2) is 37.4 Å². The Hall–Kier alpha value is -2.52. The highest BCUT2D eigenvalue weighted by atomic mass is 32.2. The zero-order chi connectivity index (χ0) is 19.0. The molecule has 3 aromatic rings. The summed E-state index contributed by atoms with van der Waals surface area (Å²) >= 11 is 1.36. The number of phenols is 1. The van der Waals surface area contributed by atoms with Gasteiger partial charge in [-0.2, -0.15) is 0 Å². The highest BCUT2D eigenvalue weighted by Gasteiger charge is 2.20.